The van der Waals surface area contributed by atoms with Crippen molar-refractivity contribution in [2.45, 2.75) is 148 Å². The van der Waals surface area contributed by atoms with E-state index in [1.165, 1.54) is 115 Å². The number of hydrogen-bond donors (Lipinski definition) is 1. The third-order valence-corrected chi connectivity index (χ3v) is 6.69. The fraction of sp³-hybridized carbons (Fsp3) is 0.806. The number of unbranched alkanes of at least 4 members (excludes halogenated alkanes) is 18. The second-order valence-electron chi connectivity index (χ2n) is 10.1. The average molecular weight is 493 g/mol. The van der Waals surface area contributed by atoms with Crippen LogP contribution in [0, 0.1) is 5.92 Å². The minimum atomic E-state index is -0.923. The maximum absolute atomic E-state index is 11.6. The van der Waals surface area contributed by atoms with E-state index in [-0.39, 0.29) is 13.0 Å². The Morgan fingerprint density at radius 3 is 1.57 bits per heavy atom. The molecular weight excluding hydrogens is 436 g/mol. The second kappa shape index (κ2) is 27.0. The third-order valence-electron chi connectivity index (χ3n) is 6.69. The second-order valence-corrected chi connectivity index (χ2v) is 10.1. The molecule has 0 rings (SSSR count). The fourth-order valence-corrected chi connectivity index (χ4v) is 4.43. The molecule has 0 aromatic heterocycles. The molecule has 0 aliphatic carbocycles. The highest BCUT2D eigenvalue weighted by atomic mass is 16.5. The van der Waals surface area contributed by atoms with Gasteiger partial charge in [-0.2, -0.15) is 0 Å². The predicted molar refractivity (Wildman–Crippen MR) is 149 cm³/mol. The van der Waals surface area contributed by atoms with E-state index >= 15 is 0 Å². The molecule has 1 unspecified atom stereocenters. The van der Waals surface area contributed by atoms with Crippen LogP contribution in [0.3, 0.4) is 0 Å². The molecule has 0 fully saturated rings. The number of aliphatic carboxylic acids is 1. The molecule has 0 aromatic carbocycles. The zero-order valence-corrected chi connectivity index (χ0v) is 23.0. The number of carbonyl (C=O) groups is 2. The first-order valence-corrected chi connectivity index (χ1v) is 14.8. The fourth-order valence-electron chi connectivity index (χ4n) is 4.43. The van der Waals surface area contributed by atoms with Gasteiger partial charge in [0.05, 0.1) is 12.3 Å². The van der Waals surface area contributed by atoms with Crippen LogP contribution in [-0.4, -0.2) is 23.7 Å². The van der Waals surface area contributed by atoms with Gasteiger partial charge in [0, 0.05) is 0 Å². The van der Waals surface area contributed by atoms with Crippen LogP contribution in [0.2, 0.25) is 0 Å². The lowest BCUT2D eigenvalue weighted by atomic mass is 9.98. The van der Waals surface area contributed by atoms with Crippen LogP contribution in [-0.2, 0) is 14.3 Å². The standard InChI is InChI=1S/C31H56O4/c1-3-5-6-7-8-9-10-11-12-13-14-15-16-17-18-19-20-21-22-23-24-25-26-29(31(33)34)28-30(32)35-27-4-2/h4,22-23,29H,2-3,5-21,24-28H2,1H3,(H,33,34)/b23-22+. The minimum absolute atomic E-state index is 0.0634. The van der Waals surface area contributed by atoms with Crippen molar-refractivity contribution in [1.82, 2.24) is 0 Å². The van der Waals surface area contributed by atoms with Crippen LogP contribution in [0.15, 0.2) is 24.8 Å². The van der Waals surface area contributed by atoms with Crippen molar-refractivity contribution in [3.8, 4) is 0 Å². The highest BCUT2D eigenvalue weighted by Gasteiger charge is 2.21. The van der Waals surface area contributed by atoms with E-state index in [2.05, 4.69) is 25.7 Å². The van der Waals surface area contributed by atoms with Crippen LogP contribution in [0.1, 0.15) is 148 Å². The minimum Gasteiger partial charge on any atom is -0.481 e. The van der Waals surface area contributed by atoms with Gasteiger partial charge in [-0.15, -0.1) is 0 Å². The lowest BCUT2D eigenvalue weighted by molar-refractivity contribution is -0.151. The maximum atomic E-state index is 11.6. The summed E-state index contributed by atoms with van der Waals surface area (Å²) in [5, 5.41) is 9.27. The number of allylic oxidation sites excluding steroid dienone is 2. The summed E-state index contributed by atoms with van der Waals surface area (Å²) in [7, 11) is 0. The van der Waals surface area contributed by atoms with Gasteiger partial charge in [0.2, 0.25) is 0 Å². The van der Waals surface area contributed by atoms with Gasteiger partial charge in [-0.3, -0.25) is 9.59 Å². The predicted octanol–water partition coefficient (Wildman–Crippen LogP) is 9.57. The number of carboxylic acids is 1. The van der Waals surface area contributed by atoms with Crippen LogP contribution >= 0.6 is 0 Å². The third kappa shape index (κ3) is 25.3. The lowest BCUT2D eigenvalue weighted by Gasteiger charge is -2.10. The van der Waals surface area contributed by atoms with Crippen LogP contribution < -0.4 is 0 Å². The summed E-state index contributed by atoms with van der Waals surface area (Å²) in [5.74, 6) is -2.05. The molecule has 0 amide bonds. The molecule has 0 aromatic rings. The molecule has 0 radical (unpaired) electrons. The quantitative estimate of drug-likeness (QED) is 0.0704. The molecule has 1 atom stereocenters. The SMILES string of the molecule is C=CCOC(=O)CC(CCC/C=C/CCCCCCCCCCCCCCCCCCC)C(=O)O. The van der Waals surface area contributed by atoms with E-state index in [0.29, 0.717) is 6.42 Å². The summed E-state index contributed by atoms with van der Waals surface area (Å²) in [6, 6.07) is 0. The number of hydrogen-bond acceptors (Lipinski definition) is 3. The Labute approximate surface area is 217 Å². The Bertz CT molecular complexity index is 526. The number of rotatable bonds is 27. The highest BCUT2D eigenvalue weighted by Crippen LogP contribution is 2.16. The van der Waals surface area contributed by atoms with E-state index < -0.39 is 17.9 Å². The Morgan fingerprint density at radius 2 is 1.14 bits per heavy atom. The number of carboxylic acid groups (broad SMARTS) is 1. The van der Waals surface area contributed by atoms with Gasteiger partial charge in [0.25, 0.3) is 0 Å². The van der Waals surface area contributed by atoms with E-state index in [4.69, 9.17) is 4.74 Å². The summed E-state index contributed by atoms with van der Waals surface area (Å²) in [4.78, 5) is 22.9. The normalized spacial score (nSPS) is 12.1. The van der Waals surface area contributed by atoms with Crippen LogP contribution in [0.5, 0.6) is 0 Å². The molecule has 35 heavy (non-hydrogen) atoms. The Kier molecular flexibility index (Phi) is 25.8. The molecule has 0 heterocycles. The van der Waals surface area contributed by atoms with Gasteiger partial charge in [-0.1, -0.05) is 134 Å². The number of esters is 1. The van der Waals surface area contributed by atoms with Gasteiger partial charge in [-0.25, -0.2) is 0 Å². The molecule has 0 bridgehead atoms. The van der Waals surface area contributed by atoms with Crippen molar-refractivity contribution >= 4 is 11.9 Å². The van der Waals surface area contributed by atoms with Crippen molar-refractivity contribution in [2.75, 3.05) is 6.61 Å². The summed E-state index contributed by atoms with van der Waals surface area (Å²) in [6.45, 7) is 5.90. The first kappa shape index (κ1) is 33.4. The smallest absolute Gasteiger partial charge is 0.307 e. The van der Waals surface area contributed by atoms with Crippen molar-refractivity contribution in [3.63, 3.8) is 0 Å². The summed E-state index contributed by atoms with van der Waals surface area (Å²) >= 11 is 0. The first-order valence-electron chi connectivity index (χ1n) is 14.8. The molecule has 204 valence electrons. The monoisotopic (exact) mass is 492 g/mol. The maximum Gasteiger partial charge on any atom is 0.307 e. The Morgan fingerprint density at radius 1 is 0.714 bits per heavy atom. The van der Waals surface area contributed by atoms with Gasteiger partial charge < -0.3 is 9.84 Å². The van der Waals surface area contributed by atoms with Crippen molar-refractivity contribution in [2.24, 2.45) is 5.92 Å². The molecule has 0 saturated carbocycles. The Hall–Kier alpha value is -1.58. The van der Waals surface area contributed by atoms with Crippen molar-refractivity contribution in [1.29, 1.82) is 0 Å². The average Bonchev–Trinajstić information content (AvgIpc) is 2.84. The van der Waals surface area contributed by atoms with E-state index in [1.807, 2.05) is 0 Å². The van der Waals surface area contributed by atoms with Crippen LogP contribution in [0.25, 0.3) is 0 Å². The zero-order valence-electron chi connectivity index (χ0n) is 23.0. The summed E-state index contributed by atoms with van der Waals surface area (Å²) in [6.07, 6.45) is 32.8. The van der Waals surface area contributed by atoms with Gasteiger partial charge in [0.1, 0.15) is 6.61 Å². The Balaban J connectivity index is 3.40. The molecule has 0 saturated heterocycles. The topological polar surface area (TPSA) is 63.6 Å². The van der Waals surface area contributed by atoms with Crippen molar-refractivity contribution in [3.05, 3.63) is 24.8 Å². The van der Waals surface area contributed by atoms with Gasteiger partial charge in [0.15, 0.2) is 0 Å². The van der Waals surface area contributed by atoms with E-state index in [1.54, 1.807) is 0 Å². The molecule has 0 spiro atoms. The highest BCUT2D eigenvalue weighted by molar-refractivity contribution is 5.78. The molecule has 4 nitrogen and oxygen atoms in total. The van der Waals surface area contributed by atoms with Crippen molar-refractivity contribution < 1.29 is 19.4 Å². The number of carbonyl (C=O) groups excluding carboxylic acids is 1. The molecule has 1 N–H and O–H groups in total. The number of ether oxygens (including phenoxy) is 1. The van der Waals surface area contributed by atoms with E-state index in [9.17, 15) is 14.7 Å². The molecular formula is C31H56O4. The lowest BCUT2D eigenvalue weighted by Crippen LogP contribution is -2.19. The summed E-state index contributed by atoms with van der Waals surface area (Å²) in [5.41, 5.74) is 0. The van der Waals surface area contributed by atoms with E-state index in [0.717, 1.165) is 19.3 Å². The largest absolute Gasteiger partial charge is 0.481 e. The van der Waals surface area contributed by atoms with Crippen LogP contribution in [0.4, 0.5) is 0 Å². The van der Waals surface area contributed by atoms with Gasteiger partial charge in [-0.05, 0) is 32.1 Å². The molecule has 0 aliphatic rings. The molecule has 0 aliphatic heterocycles. The van der Waals surface area contributed by atoms with Gasteiger partial charge >= 0.3 is 11.9 Å². The first-order chi connectivity index (χ1) is 17.1. The zero-order chi connectivity index (χ0) is 25.8. The molecule has 4 heteroatoms. The summed E-state index contributed by atoms with van der Waals surface area (Å²) < 4.78 is 4.89.